The summed E-state index contributed by atoms with van der Waals surface area (Å²) in [4.78, 5) is 8.36. The zero-order valence-electron chi connectivity index (χ0n) is 13.4. The molecule has 2 aliphatic rings. The van der Waals surface area contributed by atoms with Crippen LogP contribution in [0.25, 0.3) is 0 Å². The molecule has 6 N–H and O–H groups in total. The summed E-state index contributed by atoms with van der Waals surface area (Å²) in [6, 6.07) is 0. The summed E-state index contributed by atoms with van der Waals surface area (Å²) >= 11 is 0. The van der Waals surface area contributed by atoms with Gasteiger partial charge in [0, 0.05) is 6.54 Å². The molecule has 12 nitrogen and oxygen atoms in total. The van der Waals surface area contributed by atoms with Crippen molar-refractivity contribution >= 4 is 21.8 Å². The maximum Gasteiger partial charge on any atom is 0.208 e. The topological polar surface area (TPSA) is 173 Å². The Labute approximate surface area is 143 Å². The van der Waals surface area contributed by atoms with Gasteiger partial charge in [-0.1, -0.05) is 0 Å². The lowest BCUT2D eigenvalue weighted by molar-refractivity contribution is -0.0342. The Morgan fingerprint density at radius 1 is 1.48 bits per heavy atom. The molecule has 13 heteroatoms. The normalized spacial score (nSPS) is 32.2. The van der Waals surface area contributed by atoms with Crippen LogP contribution in [0.4, 0.5) is 5.82 Å². The van der Waals surface area contributed by atoms with Crippen LogP contribution in [0.3, 0.4) is 0 Å². The summed E-state index contributed by atoms with van der Waals surface area (Å²) in [5, 5.41) is 23.2. The van der Waals surface area contributed by atoms with Crippen molar-refractivity contribution in [3.63, 3.8) is 0 Å². The van der Waals surface area contributed by atoms with Gasteiger partial charge in [0.1, 0.15) is 30.7 Å². The lowest BCUT2D eigenvalue weighted by Crippen LogP contribution is -2.39. The van der Waals surface area contributed by atoms with Crippen LogP contribution in [0.2, 0.25) is 0 Å². The minimum Gasteiger partial charge on any atom is -0.387 e. The first-order valence-electron chi connectivity index (χ1n) is 7.44. The van der Waals surface area contributed by atoms with E-state index in [-0.39, 0.29) is 25.8 Å². The number of guanidine groups is 1. The highest BCUT2D eigenvalue weighted by Gasteiger charge is 2.44. The molecule has 1 aromatic rings. The van der Waals surface area contributed by atoms with Crippen molar-refractivity contribution in [1.29, 1.82) is 0 Å². The highest BCUT2D eigenvalue weighted by molar-refractivity contribution is 7.88. The zero-order valence-corrected chi connectivity index (χ0v) is 14.2. The number of aromatic nitrogens is 2. The number of sulfonamides is 1. The predicted molar refractivity (Wildman–Crippen MR) is 85.1 cm³/mol. The number of imidazole rings is 1. The standard InChI is InChI=1S/C12H20N6O6S/c1-25(21,22)16-2-7-8(19)9(20)11(24-7)18-4-14-6-3-23-5-15-12(13)17-10(6)18/h4,7-9,11,16,19-20H,2-3,5H2,1H3,(H3,13,15,17)/t7-,8-,9-,11-/m1/s1. The van der Waals surface area contributed by atoms with Crippen LogP contribution in [0.1, 0.15) is 11.9 Å². The molecule has 3 heterocycles. The van der Waals surface area contributed by atoms with Crippen molar-refractivity contribution < 1.29 is 28.1 Å². The van der Waals surface area contributed by atoms with E-state index in [1.165, 1.54) is 10.9 Å². The molecule has 3 rings (SSSR count). The van der Waals surface area contributed by atoms with Gasteiger partial charge in [0.2, 0.25) is 10.0 Å². The van der Waals surface area contributed by atoms with Crippen LogP contribution >= 0.6 is 0 Å². The Morgan fingerprint density at radius 3 is 2.96 bits per heavy atom. The highest BCUT2D eigenvalue weighted by Crippen LogP contribution is 2.34. The maximum absolute atomic E-state index is 11.2. The Hall–Kier alpha value is -1.77. The monoisotopic (exact) mass is 376 g/mol. The smallest absolute Gasteiger partial charge is 0.208 e. The number of aliphatic imine (C=N–C) groups is 1. The summed E-state index contributed by atoms with van der Waals surface area (Å²) in [6.45, 7) is 0.180. The van der Waals surface area contributed by atoms with Gasteiger partial charge in [-0.3, -0.25) is 4.57 Å². The first-order chi connectivity index (χ1) is 11.8. The van der Waals surface area contributed by atoms with Crippen molar-refractivity contribution in [2.45, 2.75) is 31.1 Å². The summed E-state index contributed by atoms with van der Waals surface area (Å²) in [6.07, 6.45) is -2.15. The molecule has 0 aliphatic carbocycles. The molecule has 1 aromatic heterocycles. The molecular weight excluding hydrogens is 356 g/mol. The van der Waals surface area contributed by atoms with E-state index in [9.17, 15) is 18.6 Å². The quantitative estimate of drug-likeness (QED) is 0.369. The van der Waals surface area contributed by atoms with Gasteiger partial charge < -0.3 is 30.7 Å². The van der Waals surface area contributed by atoms with E-state index in [1.54, 1.807) is 0 Å². The molecule has 0 saturated carbocycles. The second-order valence-electron chi connectivity index (χ2n) is 5.76. The minimum absolute atomic E-state index is 0.103. The van der Waals surface area contributed by atoms with Gasteiger partial charge in [0.25, 0.3) is 0 Å². The molecule has 140 valence electrons. The Kier molecular flexibility index (Phi) is 4.95. The number of hydrogen-bond acceptors (Lipinski definition) is 10. The number of rotatable bonds is 4. The average Bonchev–Trinajstić information content (AvgIpc) is 3.01. The van der Waals surface area contributed by atoms with E-state index in [0.29, 0.717) is 11.5 Å². The summed E-state index contributed by atoms with van der Waals surface area (Å²) in [5.74, 6) is 0.420. The lowest BCUT2D eigenvalue weighted by atomic mass is 10.1. The fourth-order valence-corrected chi connectivity index (χ4v) is 3.06. The number of hydrogen-bond donors (Lipinski definition) is 5. The second kappa shape index (κ2) is 6.86. The molecule has 0 amide bonds. The number of nitrogens with two attached hydrogens (primary N) is 1. The molecule has 0 radical (unpaired) electrons. The van der Waals surface area contributed by atoms with Crippen LogP contribution in [0.5, 0.6) is 0 Å². The third-order valence-electron chi connectivity index (χ3n) is 3.82. The summed E-state index contributed by atoms with van der Waals surface area (Å²) < 4.78 is 37.0. The van der Waals surface area contributed by atoms with Crippen LogP contribution in [0, 0.1) is 0 Å². The fourth-order valence-electron chi connectivity index (χ4n) is 2.59. The Bertz CT molecular complexity index is 764. The van der Waals surface area contributed by atoms with Crippen LogP contribution in [-0.2, 0) is 26.1 Å². The molecule has 4 atom stereocenters. The SMILES string of the molecule is CS(=O)(=O)NC[C@H]1O[C@@H](n2cnc3c2/N=C(/N)NCOC3)[C@H](O)[C@@H]1O. The fraction of sp³-hybridized carbons (Fsp3) is 0.667. The lowest BCUT2D eigenvalue weighted by Gasteiger charge is -2.19. The van der Waals surface area contributed by atoms with Crippen LogP contribution < -0.4 is 15.8 Å². The predicted octanol–water partition coefficient (Wildman–Crippen LogP) is -2.92. The number of fused-ring (bicyclic) bond motifs is 1. The molecule has 0 bridgehead atoms. The first kappa shape index (κ1) is 18.0. The number of aliphatic hydroxyl groups is 2. The van der Waals surface area contributed by atoms with E-state index < -0.39 is 34.6 Å². The number of ether oxygens (including phenoxy) is 2. The first-order valence-corrected chi connectivity index (χ1v) is 9.33. The molecule has 25 heavy (non-hydrogen) atoms. The van der Waals surface area contributed by atoms with E-state index in [0.717, 1.165) is 6.26 Å². The molecule has 1 saturated heterocycles. The van der Waals surface area contributed by atoms with Crippen molar-refractivity contribution in [2.75, 3.05) is 19.5 Å². The number of aliphatic hydroxyl groups excluding tert-OH is 2. The van der Waals surface area contributed by atoms with Crippen LogP contribution in [-0.4, -0.2) is 72.0 Å². The molecule has 0 unspecified atom stereocenters. The minimum atomic E-state index is -3.46. The van der Waals surface area contributed by atoms with Gasteiger partial charge in [0.05, 0.1) is 19.2 Å². The van der Waals surface area contributed by atoms with E-state index in [4.69, 9.17) is 15.2 Å². The van der Waals surface area contributed by atoms with Gasteiger partial charge in [0.15, 0.2) is 18.0 Å². The zero-order chi connectivity index (χ0) is 18.2. The van der Waals surface area contributed by atoms with E-state index in [1.807, 2.05) is 0 Å². The van der Waals surface area contributed by atoms with E-state index >= 15 is 0 Å². The van der Waals surface area contributed by atoms with E-state index in [2.05, 4.69) is 20.0 Å². The molecule has 0 aromatic carbocycles. The van der Waals surface area contributed by atoms with Crippen molar-refractivity contribution in [1.82, 2.24) is 19.6 Å². The van der Waals surface area contributed by atoms with Crippen LogP contribution in [0.15, 0.2) is 11.3 Å². The molecule has 2 aliphatic heterocycles. The van der Waals surface area contributed by atoms with Gasteiger partial charge in [-0.2, -0.15) is 4.99 Å². The van der Waals surface area contributed by atoms with Crippen molar-refractivity contribution in [3.05, 3.63) is 12.0 Å². The van der Waals surface area contributed by atoms with Gasteiger partial charge >= 0.3 is 0 Å². The largest absolute Gasteiger partial charge is 0.387 e. The third-order valence-corrected chi connectivity index (χ3v) is 4.51. The molecular formula is C12H20N6O6S. The van der Waals surface area contributed by atoms with Crippen molar-refractivity contribution in [3.8, 4) is 0 Å². The number of nitrogens with zero attached hydrogens (tertiary/aromatic N) is 3. The number of nitrogens with one attached hydrogen (secondary N) is 2. The van der Waals surface area contributed by atoms with Crippen molar-refractivity contribution in [2.24, 2.45) is 10.7 Å². The maximum atomic E-state index is 11.2. The second-order valence-corrected chi connectivity index (χ2v) is 7.59. The highest BCUT2D eigenvalue weighted by atomic mass is 32.2. The third kappa shape index (κ3) is 3.91. The van der Waals surface area contributed by atoms with Gasteiger partial charge in [-0.15, -0.1) is 0 Å². The van der Waals surface area contributed by atoms with Gasteiger partial charge in [-0.05, 0) is 0 Å². The average molecular weight is 376 g/mol. The molecule has 0 spiro atoms. The Balaban J connectivity index is 1.84. The van der Waals surface area contributed by atoms with Gasteiger partial charge in [-0.25, -0.2) is 18.1 Å². The Morgan fingerprint density at radius 2 is 2.24 bits per heavy atom. The molecule has 1 fully saturated rings. The summed E-state index contributed by atoms with van der Waals surface area (Å²) in [7, 11) is -3.46. The summed E-state index contributed by atoms with van der Waals surface area (Å²) in [5.41, 5.74) is 6.21.